The van der Waals surface area contributed by atoms with Crippen molar-refractivity contribution in [1.82, 2.24) is 0 Å². The molecule has 0 aliphatic carbocycles. The fraction of sp³-hybridized carbons (Fsp3) is 0.500. The van der Waals surface area contributed by atoms with E-state index in [1.54, 1.807) is 0 Å². The van der Waals surface area contributed by atoms with Crippen molar-refractivity contribution in [3.63, 3.8) is 0 Å². The maximum atomic E-state index is 11.7. The van der Waals surface area contributed by atoms with E-state index in [1.165, 1.54) is 5.56 Å². The molecular weight excluding hydrogens is 198 g/mol. The molecule has 0 radical (unpaired) electrons. The van der Waals surface area contributed by atoms with Crippen molar-refractivity contribution >= 4 is 5.78 Å². The van der Waals surface area contributed by atoms with Crippen LogP contribution in [0.2, 0.25) is 0 Å². The third kappa shape index (κ3) is 4.58. The number of nitrogens with two attached hydrogens (primary N) is 1. The smallest absolute Gasteiger partial charge is 0.137 e. The molecule has 2 N–H and O–H groups in total. The van der Waals surface area contributed by atoms with Gasteiger partial charge in [-0.05, 0) is 31.4 Å². The predicted octanol–water partition coefficient (Wildman–Crippen LogP) is 2.48. The highest BCUT2D eigenvalue weighted by atomic mass is 16.1. The van der Waals surface area contributed by atoms with Crippen molar-refractivity contribution in [3.8, 4) is 0 Å². The lowest BCUT2D eigenvalue weighted by molar-refractivity contribution is -0.118. The molecule has 88 valence electrons. The first-order valence-electron chi connectivity index (χ1n) is 5.89. The molecular formula is C14H21NO. The van der Waals surface area contributed by atoms with Gasteiger partial charge >= 0.3 is 0 Å². The van der Waals surface area contributed by atoms with Crippen molar-refractivity contribution in [1.29, 1.82) is 0 Å². The van der Waals surface area contributed by atoms with Gasteiger partial charge in [-0.2, -0.15) is 0 Å². The first kappa shape index (κ1) is 12.9. The number of aryl methyl sites for hydroxylation is 1. The van der Waals surface area contributed by atoms with Gasteiger partial charge in [-0.15, -0.1) is 0 Å². The van der Waals surface area contributed by atoms with Gasteiger partial charge in [-0.3, -0.25) is 4.79 Å². The van der Waals surface area contributed by atoms with E-state index in [2.05, 4.69) is 13.0 Å². The van der Waals surface area contributed by atoms with E-state index in [0.29, 0.717) is 31.1 Å². The van der Waals surface area contributed by atoms with Crippen LogP contribution < -0.4 is 5.73 Å². The molecule has 0 spiro atoms. The lowest BCUT2D eigenvalue weighted by Gasteiger charge is -2.07. The molecule has 0 fully saturated rings. The summed E-state index contributed by atoms with van der Waals surface area (Å²) in [5.41, 5.74) is 7.84. The predicted molar refractivity (Wildman–Crippen MR) is 67.3 cm³/mol. The average Bonchev–Trinajstić information content (AvgIpc) is 2.26. The van der Waals surface area contributed by atoms with Crippen molar-refractivity contribution in [2.24, 2.45) is 11.7 Å². The molecule has 0 heterocycles. The average molecular weight is 219 g/mol. The first-order valence-corrected chi connectivity index (χ1v) is 5.89. The van der Waals surface area contributed by atoms with Crippen LogP contribution in [-0.2, 0) is 11.2 Å². The van der Waals surface area contributed by atoms with Gasteiger partial charge in [0.1, 0.15) is 5.78 Å². The van der Waals surface area contributed by atoms with E-state index in [9.17, 15) is 4.79 Å². The summed E-state index contributed by atoms with van der Waals surface area (Å²) >= 11 is 0. The van der Waals surface area contributed by atoms with Gasteiger partial charge in [-0.1, -0.05) is 36.8 Å². The zero-order chi connectivity index (χ0) is 12.0. The van der Waals surface area contributed by atoms with Gasteiger partial charge in [0.2, 0.25) is 0 Å². The molecule has 16 heavy (non-hydrogen) atoms. The largest absolute Gasteiger partial charge is 0.330 e. The van der Waals surface area contributed by atoms with E-state index < -0.39 is 0 Å². The topological polar surface area (TPSA) is 43.1 Å². The quantitative estimate of drug-likeness (QED) is 0.798. The minimum Gasteiger partial charge on any atom is -0.330 e. The minimum atomic E-state index is 0.311. The number of hydrogen-bond donors (Lipinski definition) is 1. The molecule has 2 heteroatoms. The second-order valence-electron chi connectivity index (χ2n) is 4.58. The van der Waals surface area contributed by atoms with Crippen LogP contribution in [0.1, 0.15) is 30.9 Å². The molecule has 1 rings (SSSR count). The highest BCUT2D eigenvalue weighted by molar-refractivity contribution is 5.80. The molecule has 0 saturated carbocycles. The van der Waals surface area contributed by atoms with Crippen LogP contribution in [-0.4, -0.2) is 12.3 Å². The molecule has 0 saturated heterocycles. The molecule has 0 bridgehead atoms. The maximum absolute atomic E-state index is 11.7. The molecule has 1 aromatic carbocycles. The highest BCUT2D eigenvalue weighted by Gasteiger charge is 2.06. The fourth-order valence-electron chi connectivity index (χ4n) is 1.66. The summed E-state index contributed by atoms with van der Waals surface area (Å²) in [6, 6.07) is 8.13. The van der Waals surface area contributed by atoms with Crippen molar-refractivity contribution in [2.75, 3.05) is 6.54 Å². The highest BCUT2D eigenvalue weighted by Crippen LogP contribution is 2.09. The molecule has 0 aliphatic heterocycles. The molecule has 1 unspecified atom stereocenters. The van der Waals surface area contributed by atoms with Gasteiger partial charge in [0.15, 0.2) is 0 Å². The lowest BCUT2D eigenvalue weighted by atomic mass is 9.99. The number of benzene rings is 1. The van der Waals surface area contributed by atoms with Gasteiger partial charge in [0, 0.05) is 12.8 Å². The van der Waals surface area contributed by atoms with Gasteiger partial charge in [0.25, 0.3) is 0 Å². The van der Waals surface area contributed by atoms with Crippen LogP contribution in [0.25, 0.3) is 0 Å². The zero-order valence-corrected chi connectivity index (χ0v) is 10.2. The summed E-state index contributed by atoms with van der Waals surface area (Å²) in [6.07, 6.45) is 2.10. The van der Waals surface area contributed by atoms with E-state index in [-0.39, 0.29) is 0 Å². The van der Waals surface area contributed by atoms with Crippen LogP contribution in [0.3, 0.4) is 0 Å². The molecule has 0 amide bonds. The Balaban J connectivity index is 2.40. The number of ketones is 1. The maximum Gasteiger partial charge on any atom is 0.137 e. The van der Waals surface area contributed by atoms with E-state index in [0.717, 1.165) is 12.0 Å². The minimum absolute atomic E-state index is 0.311. The van der Waals surface area contributed by atoms with Crippen LogP contribution in [0.5, 0.6) is 0 Å². The summed E-state index contributed by atoms with van der Waals surface area (Å²) in [5.74, 6) is 0.757. The number of rotatable bonds is 6. The second kappa shape index (κ2) is 6.44. The van der Waals surface area contributed by atoms with E-state index in [4.69, 9.17) is 5.73 Å². The lowest BCUT2D eigenvalue weighted by Crippen LogP contribution is -2.13. The third-order valence-corrected chi connectivity index (χ3v) is 2.80. The van der Waals surface area contributed by atoms with Gasteiger partial charge in [-0.25, -0.2) is 0 Å². The molecule has 2 nitrogen and oxygen atoms in total. The number of hydrogen-bond acceptors (Lipinski definition) is 2. The Morgan fingerprint density at radius 1 is 1.44 bits per heavy atom. The molecule has 1 aromatic rings. The third-order valence-electron chi connectivity index (χ3n) is 2.80. The van der Waals surface area contributed by atoms with Crippen LogP contribution >= 0.6 is 0 Å². The molecule has 0 aliphatic rings. The monoisotopic (exact) mass is 219 g/mol. The first-order chi connectivity index (χ1) is 7.61. The van der Waals surface area contributed by atoms with E-state index >= 15 is 0 Å². The second-order valence-corrected chi connectivity index (χ2v) is 4.58. The summed E-state index contributed by atoms with van der Waals surface area (Å²) in [5, 5.41) is 0. The Hall–Kier alpha value is -1.15. The van der Waals surface area contributed by atoms with Gasteiger partial charge < -0.3 is 5.73 Å². The Labute approximate surface area is 97.9 Å². The fourth-order valence-corrected chi connectivity index (χ4v) is 1.66. The Kier molecular flexibility index (Phi) is 5.20. The number of Topliss-reactive ketones (excluding diaryl/α,β-unsaturated/α-hetero) is 1. The van der Waals surface area contributed by atoms with Crippen LogP contribution in [0.15, 0.2) is 24.3 Å². The normalized spacial score (nSPS) is 12.4. The zero-order valence-electron chi connectivity index (χ0n) is 10.2. The molecule has 1 atom stereocenters. The van der Waals surface area contributed by atoms with Crippen LogP contribution in [0.4, 0.5) is 0 Å². The Bertz CT molecular complexity index is 346. The summed E-state index contributed by atoms with van der Waals surface area (Å²) in [4.78, 5) is 11.7. The SMILES string of the molecule is Cc1cccc(CC(=O)CCC(C)CN)c1. The van der Waals surface area contributed by atoms with Crippen molar-refractivity contribution in [2.45, 2.75) is 33.1 Å². The summed E-state index contributed by atoms with van der Waals surface area (Å²) in [6.45, 7) is 4.79. The summed E-state index contributed by atoms with van der Waals surface area (Å²) in [7, 11) is 0. The number of carbonyl (C=O) groups is 1. The van der Waals surface area contributed by atoms with Gasteiger partial charge in [0.05, 0.1) is 0 Å². The van der Waals surface area contributed by atoms with Crippen molar-refractivity contribution in [3.05, 3.63) is 35.4 Å². The summed E-state index contributed by atoms with van der Waals surface area (Å²) < 4.78 is 0. The Morgan fingerprint density at radius 3 is 2.81 bits per heavy atom. The van der Waals surface area contributed by atoms with Crippen LogP contribution in [0, 0.1) is 12.8 Å². The molecule has 0 aromatic heterocycles. The Morgan fingerprint density at radius 2 is 2.19 bits per heavy atom. The van der Waals surface area contributed by atoms with Crippen molar-refractivity contribution < 1.29 is 4.79 Å². The standard InChI is InChI=1S/C14H21NO/c1-11-4-3-5-13(8-11)9-14(16)7-6-12(2)10-15/h3-5,8,12H,6-7,9-10,15H2,1-2H3. The number of carbonyl (C=O) groups excluding carboxylic acids is 1. The van der Waals surface area contributed by atoms with E-state index in [1.807, 2.05) is 25.1 Å².